The van der Waals surface area contributed by atoms with Gasteiger partial charge in [0.05, 0.1) is 18.3 Å². The Hall–Kier alpha value is -1.47. The van der Waals surface area contributed by atoms with Gasteiger partial charge in [-0.2, -0.15) is 0 Å². The van der Waals surface area contributed by atoms with E-state index in [4.69, 9.17) is 4.74 Å². The van der Waals surface area contributed by atoms with Crippen LogP contribution in [0.25, 0.3) is 0 Å². The van der Waals surface area contributed by atoms with Crippen molar-refractivity contribution in [1.82, 2.24) is 15.6 Å². The average molecular weight is 380 g/mol. The predicted octanol–water partition coefficient (Wildman–Crippen LogP) is 2.85. The fraction of sp³-hybridized carbons (Fsp3) is 0.737. The van der Waals surface area contributed by atoms with Gasteiger partial charge in [0.2, 0.25) is 0 Å². The summed E-state index contributed by atoms with van der Waals surface area (Å²) in [4.78, 5) is 29.0. The van der Waals surface area contributed by atoms with E-state index in [1.54, 1.807) is 17.5 Å². The van der Waals surface area contributed by atoms with Crippen LogP contribution in [-0.4, -0.2) is 43.1 Å². The van der Waals surface area contributed by atoms with E-state index >= 15 is 0 Å². The van der Waals surface area contributed by atoms with Gasteiger partial charge in [-0.15, -0.1) is 11.3 Å². The first-order chi connectivity index (χ1) is 12.7. The monoisotopic (exact) mass is 379 g/mol. The molecule has 3 rings (SSSR count). The average Bonchev–Trinajstić information content (AvgIpc) is 3.18. The molecule has 1 saturated carbocycles. The number of amides is 1. The minimum atomic E-state index is -0.129. The fourth-order valence-corrected chi connectivity index (χ4v) is 4.92. The van der Waals surface area contributed by atoms with Gasteiger partial charge in [0.15, 0.2) is 0 Å². The van der Waals surface area contributed by atoms with E-state index in [2.05, 4.69) is 15.6 Å². The minimum Gasteiger partial charge on any atom is -0.469 e. The summed E-state index contributed by atoms with van der Waals surface area (Å²) in [6.07, 6.45) is 9.42. The molecule has 2 aliphatic rings. The standard InChI is InChI=1S/C19H29N3O3S/c1-25-17(23)7-4-13-2-5-15(6-3-13)22-18(24)16-12-21-19(26-16)14-8-10-20-11-9-14/h12-15,20H,2-11H2,1H3,(H,22,24). The van der Waals surface area contributed by atoms with Gasteiger partial charge in [-0.25, -0.2) is 4.98 Å². The summed E-state index contributed by atoms with van der Waals surface area (Å²) in [5, 5.41) is 7.64. The number of methoxy groups -OCH3 is 1. The number of carbonyl (C=O) groups excluding carboxylic acids is 2. The van der Waals surface area contributed by atoms with E-state index in [9.17, 15) is 9.59 Å². The maximum atomic E-state index is 12.5. The molecule has 0 aromatic carbocycles. The topological polar surface area (TPSA) is 80.3 Å². The number of esters is 1. The number of nitrogens with zero attached hydrogens (tertiary/aromatic N) is 1. The van der Waals surface area contributed by atoms with Gasteiger partial charge < -0.3 is 15.4 Å². The van der Waals surface area contributed by atoms with Crippen molar-refractivity contribution in [2.75, 3.05) is 20.2 Å². The largest absolute Gasteiger partial charge is 0.469 e. The zero-order valence-electron chi connectivity index (χ0n) is 15.5. The van der Waals surface area contributed by atoms with Crippen molar-refractivity contribution in [3.63, 3.8) is 0 Å². The fourth-order valence-electron chi connectivity index (χ4n) is 3.93. The highest BCUT2D eigenvalue weighted by Crippen LogP contribution is 2.30. The zero-order chi connectivity index (χ0) is 18.4. The summed E-state index contributed by atoms with van der Waals surface area (Å²) in [5.41, 5.74) is 0. The van der Waals surface area contributed by atoms with E-state index in [1.807, 2.05) is 0 Å². The van der Waals surface area contributed by atoms with Crippen molar-refractivity contribution in [1.29, 1.82) is 0 Å². The molecule has 6 nitrogen and oxygen atoms in total. The molecule has 0 atom stereocenters. The molecule has 1 aliphatic carbocycles. The van der Waals surface area contributed by atoms with Gasteiger partial charge in [0, 0.05) is 18.4 Å². The first kappa shape index (κ1) is 19.3. The molecule has 1 aliphatic heterocycles. The van der Waals surface area contributed by atoms with E-state index in [-0.39, 0.29) is 17.9 Å². The summed E-state index contributed by atoms with van der Waals surface area (Å²) < 4.78 is 4.71. The molecule has 0 unspecified atom stereocenters. The highest BCUT2D eigenvalue weighted by molar-refractivity contribution is 7.13. The number of thiazole rings is 1. The second-order valence-electron chi connectivity index (χ2n) is 7.39. The molecule has 7 heteroatoms. The van der Waals surface area contributed by atoms with Crippen LogP contribution in [0.1, 0.15) is 72.0 Å². The molecule has 1 aromatic rings. The number of hydrogen-bond donors (Lipinski definition) is 2. The van der Waals surface area contributed by atoms with Crippen LogP contribution >= 0.6 is 11.3 Å². The van der Waals surface area contributed by atoms with E-state index < -0.39 is 0 Å². The Bertz CT molecular complexity index is 605. The van der Waals surface area contributed by atoms with Crippen molar-refractivity contribution < 1.29 is 14.3 Å². The van der Waals surface area contributed by atoms with E-state index in [0.717, 1.165) is 67.9 Å². The number of nitrogens with one attached hydrogen (secondary N) is 2. The molecule has 1 amide bonds. The lowest BCUT2D eigenvalue weighted by molar-refractivity contribution is -0.141. The number of carbonyl (C=O) groups is 2. The minimum absolute atomic E-state index is 0.0145. The van der Waals surface area contributed by atoms with Gasteiger partial charge >= 0.3 is 5.97 Å². The van der Waals surface area contributed by atoms with Gasteiger partial charge in [-0.1, -0.05) is 0 Å². The Morgan fingerprint density at radius 3 is 2.65 bits per heavy atom. The van der Waals surface area contributed by atoms with Gasteiger partial charge in [0.25, 0.3) is 5.91 Å². The van der Waals surface area contributed by atoms with Crippen LogP contribution in [0.2, 0.25) is 0 Å². The molecule has 144 valence electrons. The molecule has 2 heterocycles. The molecule has 0 radical (unpaired) electrons. The van der Waals surface area contributed by atoms with Gasteiger partial charge in [-0.05, 0) is 64.0 Å². The third-order valence-electron chi connectivity index (χ3n) is 5.60. The second-order valence-corrected chi connectivity index (χ2v) is 8.46. The summed E-state index contributed by atoms with van der Waals surface area (Å²) in [6.45, 7) is 2.07. The quantitative estimate of drug-likeness (QED) is 0.743. The van der Waals surface area contributed by atoms with Crippen LogP contribution in [0.4, 0.5) is 0 Å². The third-order valence-corrected chi connectivity index (χ3v) is 6.76. The smallest absolute Gasteiger partial charge is 0.305 e. The van der Waals surface area contributed by atoms with Gasteiger partial charge in [0.1, 0.15) is 4.88 Å². The number of piperidine rings is 1. The van der Waals surface area contributed by atoms with Crippen molar-refractivity contribution in [2.24, 2.45) is 5.92 Å². The van der Waals surface area contributed by atoms with Crippen molar-refractivity contribution in [3.8, 4) is 0 Å². The van der Waals surface area contributed by atoms with Crippen LogP contribution < -0.4 is 10.6 Å². The number of rotatable bonds is 6. The number of hydrogen-bond acceptors (Lipinski definition) is 6. The van der Waals surface area contributed by atoms with Crippen LogP contribution in [-0.2, 0) is 9.53 Å². The molecule has 1 saturated heterocycles. The summed E-state index contributed by atoms with van der Waals surface area (Å²) >= 11 is 1.55. The summed E-state index contributed by atoms with van der Waals surface area (Å²) in [7, 11) is 1.44. The summed E-state index contributed by atoms with van der Waals surface area (Å²) in [6, 6.07) is 0.237. The second kappa shape index (κ2) is 9.46. The SMILES string of the molecule is COC(=O)CCC1CCC(NC(=O)c2cnc(C3CCNCC3)s2)CC1. The van der Waals surface area contributed by atoms with Crippen molar-refractivity contribution in [2.45, 2.75) is 63.3 Å². The summed E-state index contributed by atoms with van der Waals surface area (Å²) in [5.74, 6) is 0.945. The maximum Gasteiger partial charge on any atom is 0.305 e. The maximum absolute atomic E-state index is 12.5. The highest BCUT2D eigenvalue weighted by Gasteiger charge is 2.25. The molecule has 2 N–H and O–H groups in total. The lowest BCUT2D eigenvalue weighted by Crippen LogP contribution is -2.37. The van der Waals surface area contributed by atoms with Crippen molar-refractivity contribution in [3.05, 3.63) is 16.1 Å². The van der Waals surface area contributed by atoms with Crippen molar-refractivity contribution >= 4 is 23.2 Å². The van der Waals surface area contributed by atoms with Gasteiger partial charge in [-0.3, -0.25) is 9.59 Å². The van der Waals surface area contributed by atoms with Crippen LogP contribution in [0, 0.1) is 5.92 Å². The Morgan fingerprint density at radius 2 is 1.96 bits per heavy atom. The first-order valence-electron chi connectivity index (χ1n) is 9.70. The van der Waals surface area contributed by atoms with E-state index in [0.29, 0.717) is 18.3 Å². The first-order valence-corrected chi connectivity index (χ1v) is 10.5. The highest BCUT2D eigenvalue weighted by atomic mass is 32.1. The Balaban J connectivity index is 1.43. The normalized spacial score (nSPS) is 24.2. The van der Waals surface area contributed by atoms with Crippen LogP contribution in [0.5, 0.6) is 0 Å². The zero-order valence-corrected chi connectivity index (χ0v) is 16.3. The van der Waals surface area contributed by atoms with Crippen LogP contribution in [0.15, 0.2) is 6.20 Å². The molecular formula is C19H29N3O3S. The molecular weight excluding hydrogens is 350 g/mol. The number of ether oxygens (including phenoxy) is 1. The lowest BCUT2D eigenvalue weighted by atomic mass is 9.83. The molecule has 1 aromatic heterocycles. The Labute approximate surface area is 159 Å². The predicted molar refractivity (Wildman–Crippen MR) is 101 cm³/mol. The third kappa shape index (κ3) is 5.27. The van der Waals surface area contributed by atoms with Crippen LogP contribution in [0.3, 0.4) is 0 Å². The lowest BCUT2D eigenvalue weighted by Gasteiger charge is -2.28. The molecule has 0 bridgehead atoms. The molecule has 0 spiro atoms. The van der Waals surface area contributed by atoms with E-state index in [1.165, 1.54) is 7.11 Å². The molecule has 2 fully saturated rings. The number of aromatic nitrogens is 1. The Kier molecular flexibility index (Phi) is 7.02. The Morgan fingerprint density at radius 1 is 1.23 bits per heavy atom. The molecule has 26 heavy (non-hydrogen) atoms.